The van der Waals surface area contributed by atoms with Crippen LogP contribution in [-0.2, 0) is 9.53 Å². The van der Waals surface area contributed by atoms with Crippen molar-refractivity contribution in [2.24, 2.45) is 0 Å². The van der Waals surface area contributed by atoms with Crippen LogP contribution in [0.3, 0.4) is 0 Å². The maximum absolute atomic E-state index is 10.0. The molecule has 0 saturated carbocycles. The first-order chi connectivity index (χ1) is 3.31. The predicted molar refractivity (Wildman–Crippen MR) is 25.9 cm³/mol. The lowest BCUT2D eigenvalue weighted by Crippen LogP contribution is -2.15. The minimum absolute atomic E-state index is 0.0536. The van der Waals surface area contributed by atoms with Crippen molar-refractivity contribution in [2.75, 3.05) is 13.7 Å². The summed E-state index contributed by atoms with van der Waals surface area (Å²) in [5, 5.41) is 0. The van der Waals surface area contributed by atoms with Crippen molar-refractivity contribution in [2.45, 2.75) is 0 Å². The first-order valence-corrected chi connectivity index (χ1v) is 2.09. The third kappa shape index (κ3) is 3.55. The Morgan fingerprint density at radius 2 is 2.57 bits per heavy atom. The summed E-state index contributed by atoms with van der Waals surface area (Å²) >= 11 is 4.92. The lowest BCUT2D eigenvalue weighted by atomic mass is 10.7. The van der Waals surface area contributed by atoms with Crippen LogP contribution in [0.4, 0.5) is 0 Å². The summed E-state index contributed by atoms with van der Waals surface area (Å²) in [6.07, 6.45) is 0. The molecular formula is C3H6ClNO2. The second-order valence-corrected chi connectivity index (χ2v) is 1.15. The standard InChI is InChI=1S/C3H6ClNO2/c1-7-3(6)2-5-4/h5H,2H2,1H3. The molecule has 0 spiro atoms. The van der Waals surface area contributed by atoms with Gasteiger partial charge in [0.2, 0.25) is 0 Å². The summed E-state index contributed by atoms with van der Waals surface area (Å²) in [6, 6.07) is 0. The van der Waals surface area contributed by atoms with Gasteiger partial charge in [-0.1, -0.05) is 0 Å². The Labute approximate surface area is 46.7 Å². The van der Waals surface area contributed by atoms with Crippen molar-refractivity contribution in [1.82, 2.24) is 4.84 Å². The molecule has 0 unspecified atom stereocenters. The second kappa shape index (κ2) is 3.89. The van der Waals surface area contributed by atoms with E-state index in [-0.39, 0.29) is 12.5 Å². The summed E-state index contributed by atoms with van der Waals surface area (Å²) < 4.78 is 4.20. The molecule has 4 heteroatoms. The van der Waals surface area contributed by atoms with Crippen LogP contribution in [0.15, 0.2) is 0 Å². The highest BCUT2D eigenvalue weighted by molar-refractivity contribution is 6.14. The molecule has 0 aromatic carbocycles. The van der Waals surface area contributed by atoms with E-state index in [9.17, 15) is 4.79 Å². The number of rotatable bonds is 2. The second-order valence-electron chi connectivity index (χ2n) is 0.887. The maximum Gasteiger partial charge on any atom is 0.320 e. The molecule has 0 aromatic rings. The van der Waals surface area contributed by atoms with Crippen molar-refractivity contribution in [3.05, 3.63) is 0 Å². The molecule has 0 amide bonds. The fourth-order valence-corrected chi connectivity index (χ4v) is 0.236. The van der Waals surface area contributed by atoms with Gasteiger partial charge in [0, 0.05) is 0 Å². The van der Waals surface area contributed by atoms with Crippen molar-refractivity contribution in [1.29, 1.82) is 0 Å². The fraction of sp³-hybridized carbons (Fsp3) is 0.667. The van der Waals surface area contributed by atoms with Crippen LogP contribution >= 0.6 is 11.8 Å². The molecule has 0 radical (unpaired) electrons. The van der Waals surface area contributed by atoms with Crippen LogP contribution in [0.25, 0.3) is 0 Å². The molecule has 0 aromatic heterocycles. The van der Waals surface area contributed by atoms with Crippen LogP contribution in [0.2, 0.25) is 0 Å². The van der Waals surface area contributed by atoms with E-state index in [2.05, 4.69) is 9.57 Å². The van der Waals surface area contributed by atoms with Crippen LogP contribution < -0.4 is 4.84 Å². The van der Waals surface area contributed by atoms with E-state index >= 15 is 0 Å². The number of esters is 1. The smallest absolute Gasteiger partial charge is 0.320 e. The number of ether oxygens (including phenoxy) is 1. The normalized spacial score (nSPS) is 8.29. The van der Waals surface area contributed by atoms with Crippen LogP contribution in [0.5, 0.6) is 0 Å². The van der Waals surface area contributed by atoms with Gasteiger partial charge in [-0.05, 0) is 11.8 Å². The van der Waals surface area contributed by atoms with Gasteiger partial charge in [0.25, 0.3) is 0 Å². The highest BCUT2D eigenvalue weighted by atomic mass is 35.5. The van der Waals surface area contributed by atoms with Crippen molar-refractivity contribution < 1.29 is 9.53 Å². The van der Waals surface area contributed by atoms with E-state index in [1.165, 1.54) is 7.11 Å². The predicted octanol–water partition coefficient (Wildman–Crippen LogP) is -0.0972. The summed E-state index contributed by atoms with van der Waals surface area (Å²) in [6.45, 7) is 0.0536. The van der Waals surface area contributed by atoms with Gasteiger partial charge in [-0.2, -0.15) is 0 Å². The first kappa shape index (κ1) is 6.72. The molecular weight excluding hydrogens is 117 g/mol. The summed E-state index contributed by atoms with van der Waals surface area (Å²) in [7, 11) is 1.30. The molecule has 7 heavy (non-hydrogen) atoms. The van der Waals surface area contributed by atoms with Gasteiger partial charge >= 0.3 is 5.97 Å². The number of carbonyl (C=O) groups is 1. The monoisotopic (exact) mass is 123 g/mol. The quantitative estimate of drug-likeness (QED) is 0.412. The number of nitrogens with one attached hydrogen (secondary N) is 1. The fourth-order valence-electron chi connectivity index (χ4n) is 0.127. The molecule has 0 aliphatic carbocycles. The Bertz CT molecular complexity index is 66.0. The summed E-state index contributed by atoms with van der Waals surface area (Å²) in [4.78, 5) is 12.2. The molecule has 1 N–H and O–H groups in total. The largest absolute Gasteiger partial charge is 0.468 e. The number of methoxy groups -OCH3 is 1. The zero-order chi connectivity index (χ0) is 5.70. The molecule has 0 aliphatic rings. The Kier molecular flexibility index (Phi) is 3.74. The van der Waals surface area contributed by atoms with Crippen LogP contribution in [0, 0.1) is 0 Å². The molecule has 3 nitrogen and oxygen atoms in total. The molecule has 0 aliphatic heterocycles. The van der Waals surface area contributed by atoms with Crippen molar-refractivity contribution >= 4 is 17.7 Å². The third-order valence-corrected chi connectivity index (χ3v) is 0.572. The van der Waals surface area contributed by atoms with Gasteiger partial charge in [-0.3, -0.25) is 4.79 Å². The first-order valence-electron chi connectivity index (χ1n) is 1.71. The highest BCUT2D eigenvalue weighted by Gasteiger charge is 1.93. The van der Waals surface area contributed by atoms with Gasteiger partial charge in [0.1, 0.15) is 6.54 Å². The molecule has 0 heterocycles. The van der Waals surface area contributed by atoms with E-state index in [1.807, 2.05) is 0 Å². The molecule has 0 saturated heterocycles. The molecule has 42 valence electrons. The van der Waals surface area contributed by atoms with Crippen molar-refractivity contribution in [3.8, 4) is 0 Å². The topological polar surface area (TPSA) is 38.3 Å². The van der Waals surface area contributed by atoms with E-state index in [0.717, 1.165) is 0 Å². The van der Waals surface area contributed by atoms with Gasteiger partial charge in [-0.25, -0.2) is 4.84 Å². The average Bonchev–Trinajstić information content (AvgIpc) is 1.68. The minimum Gasteiger partial charge on any atom is -0.468 e. The van der Waals surface area contributed by atoms with Gasteiger partial charge < -0.3 is 4.74 Å². The van der Waals surface area contributed by atoms with Crippen molar-refractivity contribution in [3.63, 3.8) is 0 Å². The van der Waals surface area contributed by atoms with E-state index in [0.29, 0.717) is 0 Å². The molecule has 0 bridgehead atoms. The highest BCUT2D eigenvalue weighted by Crippen LogP contribution is 1.68. The SMILES string of the molecule is COC(=O)CNCl. The Hall–Kier alpha value is -0.280. The molecule has 0 fully saturated rings. The van der Waals surface area contributed by atoms with Crippen LogP contribution in [-0.4, -0.2) is 19.6 Å². The van der Waals surface area contributed by atoms with Gasteiger partial charge in [-0.15, -0.1) is 0 Å². The minimum atomic E-state index is -0.366. The van der Waals surface area contributed by atoms with E-state index in [4.69, 9.17) is 11.8 Å². The number of hydrogen-bond donors (Lipinski definition) is 1. The number of hydrogen-bond acceptors (Lipinski definition) is 3. The van der Waals surface area contributed by atoms with E-state index in [1.54, 1.807) is 0 Å². The lowest BCUT2D eigenvalue weighted by molar-refractivity contribution is -0.139. The zero-order valence-electron chi connectivity index (χ0n) is 3.90. The number of carbonyl (C=O) groups excluding carboxylic acids is 1. The third-order valence-electron chi connectivity index (χ3n) is 0.439. The van der Waals surface area contributed by atoms with Gasteiger partial charge in [0.15, 0.2) is 0 Å². The van der Waals surface area contributed by atoms with E-state index < -0.39 is 0 Å². The summed E-state index contributed by atoms with van der Waals surface area (Å²) in [5.74, 6) is -0.366. The molecule has 0 rings (SSSR count). The summed E-state index contributed by atoms with van der Waals surface area (Å²) in [5.41, 5.74) is 0. The molecule has 0 atom stereocenters. The Morgan fingerprint density at radius 1 is 2.00 bits per heavy atom. The Balaban J connectivity index is 3.00. The van der Waals surface area contributed by atoms with Gasteiger partial charge in [0.05, 0.1) is 7.11 Å². The lowest BCUT2D eigenvalue weighted by Gasteiger charge is -1.91. The zero-order valence-corrected chi connectivity index (χ0v) is 4.66. The maximum atomic E-state index is 10.0. The number of halogens is 1. The Morgan fingerprint density at radius 3 is 2.71 bits per heavy atom. The van der Waals surface area contributed by atoms with Crippen LogP contribution in [0.1, 0.15) is 0 Å². The average molecular weight is 124 g/mol.